The van der Waals surface area contributed by atoms with E-state index in [1.54, 1.807) is 6.07 Å². The van der Waals surface area contributed by atoms with Crippen LogP contribution in [-0.4, -0.2) is 57.6 Å². The van der Waals surface area contributed by atoms with Gasteiger partial charge in [0.15, 0.2) is 0 Å². The van der Waals surface area contributed by atoms with Gasteiger partial charge in [-0.05, 0) is 71.2 Å². The molecule has 0 aliphatic carbocycles. The fourth-order valence-corrected chi connectivity index (χ4v) is 6.05. The lowest BCUT2D eigenvalue weighted by molar-refractivity contribution is 0.0596. The summed E-state index contributed by atoms with van der Waals surface area (Å²) in [6.45, 7) is 2.98. The van der Waals surface area contributed by atoms with Crippen LogP contribution in [0.5, 0.6) is 0 Å². The molecule has 0 bridgehead atoms. The van der Waals surface area contributed by atoms with Gasteiger partial charge in [0.05, 0.1) is 11.6 Å². The number of anilines is 1. The highest BCUT2D eigenvalue weighted by molar-refractivity contribution is 9.10. The van der Waals surface area contributed by atoms with Gasteiger partial charge in [0.25, 0.3) is 0 Å². The van der Waals surface area contributed by atoms with Crippen LogP contribution in [0.15, 0.2) is 58.0 Å². The number of aromatic nitrogens is 1. The second-order valence-corrected chi connectivity index (χ2v) is 11.7. The lowest BCUT2D eigenvalue weighted by atomic mass is 9.98. The molecule has 12 heteroatoms. The number of benzene rings is 2. The average molecular weight is 624 g/mol. The van der Waals surface area contributed by atoms with Crippen molar-refractivity contribution in [2.45, 2.75) is 30.7 Å². The Labute approximate surface area is 235 Å². The summed E-state index contributed by atoms with van der Waals surface area (Å²) in [5.74, 6) is -1.85. The number of halogens is 3. The number of nitrogens with zero attached hydrogens (tertiary/aromatic N) is 2. The number of piperidine rings is 1. The first kappa shape index (κ1) is 29.1. The van der Waals surface area contributed by atoms with Gasteiger partial charge in [0.1, 0.15) is 27.9 Å². The standard InChI is InChI=1S/C27H29BrF2N4O4S/c1-38-27(35)25-21(6-5-7-23(25)29)18-8-9-19(24(30)14-18)16-31-26-22(28)15-20(17-32-26)39(36,37)33-10-13-34-11-3-2-4-12-34/h5-9,14-15,17,33H,2-4,10-13,16H2,1H3,(H,31,32). The number of ether oxygens (including phenoxy) is 1. The first-order valence-electron chi connectivity index (χ1n) is 12.5. The van der Waals surface area contributed by atoms with Crippen molar-refractivity contribution >= 4 is 37.7 Å². The number of likely N-dealkylation sites (tertiary alicyclic amines) is 1. The molecular formula is C27H29BrF2N4O4S. The lowest BCUT2D eigenvalue weighted by Crippen LogP contribution is -2.37. The third kappa shape index (κ3) is 7.18. The predicted molar refractivity (Wildman–Crippen MR) is 148 cm³/mol. The number of hydrogen-bond donors (Lipinski definition) is 2. The summed E-state index contributed by atoms with van der Waals surface area (Å²) in [7, 11) is -2.59. The molecule has 8 nitrogen and oxygen atoms in total. The number of carbonyl (C=O) groups is 1. The van der Waals surface area contributed by atoms with Crippen LogP contribution in [-0.2, 0) is 21.3 Å². The van der Waals surface area contributed by atoms with Gasteiger partial charge in [-0.2, -0.15) is 0 Å². The quantitative estimate of drug-likeness (QED) is 0.309. The van der Waals surface area contributed by atoms with E-state index >= 15 is 0 Å². The second kappa shape index (κ2) is 12.9. The van der Waals surface area contributed by atoms with Crippen molar-refractivity contribution in [1.82, 2.24) is 14.6 Å². The smallest absolute Gasteiger partial charge is 0.341 e. The third-order valence-corrected chi connectivity index (χ3v) is 8.54. The minimum atomic E-state index is -3.74. The van der Waals surface area contributed by atoms with Gasteiger partial charge in [0, 0.05) is 31.4 Å². The van der Waals surface area contributed by atoms with E-state index in [9.17, 15) is 22.0 Å². The molecule has 1 aromatic heterocycles. The molecule has 39 heavy (non-hydrogen) atoms. The third-order valence-electron chi connectivity index (χ3n) is 6.51. The van der Waals surface area contributed by atoms with Crippen LogP contribution in [0.2, 0.25) is 0 Å². The van der Waals surface area contributed by atoms with Crippen molar-refractivity contribution in [1.29, 1.82) is 0 Å². The molecule has 2 N–H and O–H groups in total. The maximum absolute atomic E-state index is 15.0. The van der Waals surface area contributed by atoms with E-state index in [0.29, 0.717) is 34.5 Å². The van der Waals surface area contributed by atoms with Crippen LogP contribution in [0.3, 0.4) is 0 Å². The number of esters is 1. The Morgan fingerprint density at radius 3 is 2.56 bits per heavy atom. The minimum absolute atomic E-state index is 0.0191. The molecule has 0 amide bonds. The Kier molecular flexibility index (Phi) is 9.65. The van der Waals surface area contributed by atoms with Crippen LogP contribution >= 0.6 is 15.9 Å². The molecule has 1 aliphatic heterocycles. The van der Waals surface area contributed by atoms with Gasteiger partial charge in [0.2, 0.25) is 10.0 Å². The maximum atomic E-state index is 15.0. The fraction of sp³-hybridized carbons (Fsp3) is 0.333. The van der Waals surface area contributed by atoms with Crippen LogP contribution in [0.1, 0.15) is 35.2 Å². The normalized spacial score (nSPS) is 14.3. The Morgan fingerprint density at radius 1 is 1.10 bits per heavy atom. The summed E-state index contributed by atoms with van der Waals surface area (Å²) in [4.78, 5) is 18.5. The number of methoxy groups -OCH3 is 1. The van der Waals surface area contributed by atoms with Crippen molar-refractivity contribution in [2.24, 2.45) is 0 Å². The number of sulfonamides is 1. The molecule has 0 radical (unpaired) electrons. The molecule has 208 valence electrons. The second-order valence-electron chi connectivity index (χ2n) is 9.12. The van der Waals surface area contributed by atoms with E-state index in [-0.39, 0.29) is 22.6 Å². The zero-order chi connectivity index (χ0) is 28.0. The summed E-state index contributed by atoms with van der Waals surface area (Å²) in [6, 6.07) is 9.83. The molecule has 1 saturated heterocycles. The van der Waals surface area contributed by atoms with E-state index in [2.05, 4.69) is 40.6 Å². The molecule has 0 saturated carbocycles. The van der Waals surface area contributed by atoms with Gasteiger partial charge in [-0.15, -0.1) is 0 Å². The molecule has 0 unspecified atom stereocenters. The molecule has 2 aromatic carbocycles. The topological polar surface area (TPSA) is 101 Å². The van der Waals surface area contributed by atoms with Crippen molar-refractivity contribution in [3.8, 4) is 11.1 Å². The molecule has 3 aromatic rings. The fourth-order valence-electron chi connectivity index (χ4n) is 4.41. The van der Waals surface area contributed by atoms with Crippen molar-refractivity contribution in [2.75, 3.05) is 38.6 Å². The van der Waals surface area contributed by atoms with Gasteiger partial charge < -0.3 is 15.0 Å². The van der Waals surface area contributed by atoms with Crippen LogP contribution in [0, 0.1) is 11.6 Å². The molecule has 1 fully saturated rings. The summed E-state index contributed by atoms with van der Waals surface area (Å²) < 4.78 is 62.3. The molecule has 4 rings (SSSR count). The average Bonchev–Trinajstić information content (AvgIpc) is 2.93. The summed E-state index contributed by atoms with van der Waals surface area (Å²) in [5.41, 5.74) is 0.554. The van der Waals surface area contributed by atoms with Gasteiger partial charge >= 0.3 is 5.97 Å². The highest BCUT2D eigenvalue weighted by Crippen LogP contribution is 2.29. The zero-order valence-electron chi connectivity index (χ0n) is 21.3. The lowest BCUT2D eigenvalue weighted by Gasteiger charge is -2.26. The Morgan fingerprint density at radius 2 is 1.87 bits per heavy atom. The number of rotatable bonds is 10. The van der Waals surface area contributed by atoms with Crippen LogP contribution in [0.4, 0.5) is 14.6 Å². The van der Waals surface area contributed by atoms with Gasteiger partial charge in [-0.3, -0.25) is 0 Å². The SMILES string of the molecule is COC(=O)c1c(F)cccc1-c1ccc(CNc2ncc(S(=O)(=O)NCCN3CCCCC3)cc2Br)c(F)c1. The van der Waals surface area contributed by atoms with E-state index < -0.39 is 27.6 Å². The number of carbonyl (C=O) groups excluding carboxylic acids is 1. The van der Waals surface area contributed by atoms with Crippen LogP contribution < -0.4 is 10.0 Å². The van der Waals surface area contributed by atoms with Gasteiger partial charge in [-0.1, -0.05) is 30.7 Å². The van der Waals surface area contributed by atoms with E-state index in [4.69, 9.17) is 0 Å². The largest absolute Gasteiger partial charge is 0.465 e. The van der Waals surface area contributed by atoms with Crippen LogP contribution in [0.25, 0.3) is 11.1 Å². The summed E-state index contributed by atoms with van der Waals surface area (Å²) in [6.07, 6.45) is 4.73. The number of hydrogen-bond acceptors (Lipinski definition) is 7. The van der Waals surface area contributed by atoms with Crippen molar-refractivity contribution in [3.05, 3.63) is 75.9 Å². The van der Waals surface area contributed by atoms with Gasteiger partial charge in [-0.25, -0.2) is 31.7 Å². The number of pyridine rings is 1. The Balaban J connectivity index is 1.41. The Bertz CT molecular complexity index is 1450. The highest BCUT2D eigenvalue weighted by atomic mass is 79.9. The first-order valence-corrected chi connectivity index (χ1v) is 14.7. The molecule has 0 atom stereocenters. The first-order chi connectivity index (χ1) is 18.7. The van der Waals surface area contributed by atoms with Crippen molar-refractivity contribution in [3.63, 3.8) is 0 Å². The summed E-state index contributed by atoms with van der Waals surface area (Å²) in [5, 5.41) is 2.99. The maximum Gasteiger partial charge on any atom is 0.341 e. The Hall–Kier alpha value is -2.93. The molecule has 2 heterocycles. The molecule has 1 aliphatic rings. The monoisotopic (exact) mass is 622 g/mol. The van der Waals surface area contributed by atoms with E-state index in [0.717, 1.165) is 39.1 Å². The van der Waals surface area contributed by atoms with E-state index in [1.807, 2.05) is 0 Å². The highest BCUT2D eigenvalue weighted by Gasteiger charge is 2.20. The predicted octanol–water partition coefficient (Wildman–Crippen LogP) is 4.95. The zero-order valence-corrected chi connectivity index (χ0v) is 23.7. The molecule has 0 spiro atoms. The van der Waals surface area contributed by atoms with Crippen molar-refractivity contribution < 1.29 is 26.7 Å². The number of nitrogens with one attached hydrogen (secondary N) is 2. The van der Waals surface area contributed by atoms with E-state index in [1.165, 1.54) is 42.9 Å². The molecular weight excluding hydrogens is 594 g/mol. The minimum Gasteiger partial charge on any atom is -0.465 e. The summed E-state index contributed by atoms with van der Waals surface area (Å²) >= 11 is 3.34.